The molecule has 5 nitrogen and oxygen atoms in total. The van der Waals surface area contributed by atoms with E-state index < -0.39 is 0 Å². The van der Waals surface area contributed by atoms with Gasteiger partial charge in [0.1, 0.15) is 0 Å². The van der Waals surface area contributed by atoms with Crippen molar-refractivity contribution < 1.29 is 4.79 Å². The Balaban J connectivity index is 1.58. The SMILES string of the molecule is CCC(CC(=N)N)NC(=O)NC12CC3CC(CC(C3)C1)C2. The van der Waals surface area contributed by atoms with Gasteiger partial charge in [0.25, 0.3) is 0 Å². The van der Waals surface area contributed by atoms with Crippen LogP contribution in [-0.4, -0.2) is 23.4 Å². The predicted octanol–water partition coefficient (Wildman–Crippen LogP) is 2.36. The fraction of sp³-hybridized carbons (Fsp3) is 0.875. The molecule has 0 aromatic carbocycles. The minimum atomic E-state index is -0.0648. The molecule has 4 saturated carbocycles. The first-order chi connectivity index (χ1) is 9.98. The van der Waals surface area contributed by atoms with Gasteiger partial charge in [0.15, 0.2) is 0 Å². The van der Waals surface area contributed by atoms with Gasteiger partial charge in [0, 0.05) is 18.0 Å². The van der Waals surface area contributed by atoms with E-state index in [1.54, 1.807) is 0 Å². The summed E-state index contributed by atoms with van der Waals surface area (Å²) in [5.41, 5.74) is 5.49. The number of rotatable bonds is 5. The molecule has 4 rings (SSSR count). The zero-order chi connectivity index (χ0) is 15.0. The zero-order valence-electron chi connectivity index (χ0n) is 13.0. The third-order valence-electron chi connectivity index (χ3n) is 5.71. The Morgan fingerprint density at radius 1 is 1.24 bits per heavy atom. The third-order valence-corrected chi connectivity index (χ3v) is 5.71. The number of nitrogens with two attached hydrogens (primary N) is 1. The van der Waals surface area contributed by atoms with E-state index in [1.165, 1.54) is 19.3 Å². The highest BCUT2D eigenvalue weighted by Gasteiger charge is 2.51. The third kappa shape index (κ3) is 3.16. The van der Waals surface area contributed by atoms with Gasteiger partial charge in [-0.3, -0.25) is 5.41 Å². The van der Waals surface area contributed by atoms with Crippen LogP contribution in [-0.2, 0) is 0 Å². The quantitative estimate of drug-likeness (QED) is 0.463. The fourth-order valence-corrected chi connectivity index (χ4v) is 5.29. The van der Waals surface area contributed by atoms with Crippen molar-refractivity contribution in [1.82, 2.24) is 10.6 Å². The highest BCUT2D eigenvalue weighted by Crippen LogP contribution is 2.55. The number of urea groups is 1. The Bertz CT molecular complexity index is 399. The lowest BCUT2D eigenvalue weighted by atomic mass is 9.53. The Morgan fingerprint density at radius 2 is 1.76 bits per heavy atom. The van der Waals surface area contributed by atoms with E-state index in [4.69, 9.17) is 11.1 Å². The molecule has 0 spiro atoms. The summed E-state index contributed by atoms with van der Waals surface area (Å²) in [5, 5.41) is 13.7. The molecule has 2 amide bonds. The van der Waals surface area contributed by atoms with Crippen molar-refractivity contribution in [3.05, 3.63) is 0 Å². The van der Waals surface area contributed by atoms with Gasteiger partial charge in [-0.2, -0.15) is 0 Å². The molecule has 0 aromatic heterocycles. The number of carbonyl (C=O) groups excluding carboxylic acids is 1. The number of hydrogen-bond acceptors (Lipinski definition) is 2. The van der Waals surface area contributed by atoms with Crippen molar-refractivity contribution >= 4 is 11.9 Å². The van der Waals surface area contributed by atoms with E-state index in [0.717, 1.165) is 43.4 Å². The van der Waals surface area contributed by atoms with Crippen LogP contribution in [0, 0.1) is 23.2 Å². The molecule has 1 unspecified atom stereocenters. The van der Waals surface area contributed by atoms with Crippen LogP contribution in [0.25, 0.3) is 0 Å². The van der Waals surface area contributed by atoms with Crippen LogP contribution in [0.1, 0.15) is 58.3 Å². The summed E-state index contributed by atoms with van der Waals surface area (Å²) < 4.78 is 0. The molecule has 0 aromatic rings. The maximum atomic E-state index is 12.3. The topological polar surface area (TPSA) is 91.0 Å². The summed E-state index contributed by atoms with van der Waals surface area (Å²) in [5.74, 6) is 2.62. The molecule has 0 aliphatic heterocycles. The number of nitrogens with one attached hydrogen (secondary N) is 3. The highest BCUT2D eigenvalue weighted by molar-refractivity contribution is 5.79. The standard InChI is InChI=1S/C16H28N4O/c1-2-13(6-14(17)18)19-15(21)20-16-7-10-3-11(8-16)5-12(4-10)9-16/h10-13H,2-9H2,1H3,(H3,17,18)(H2,19,20,21). The van der Waals surface area contributed by atoms with E-state index in [1.807, 2.05) is 6.92 Å². The average molecular weight is 292 g/mol. The molecule has 4 bridgehead atoms. The summed E-state index contributed by atoms with van der Waals surface area (Å²) >= 11 is 0. The van der Waals surface area contributed by atoms with Gasteiger partial charge in [-0.15, -0.1) is 0 Å². The first-order valence-corrected chi connectivity index (χ1v) is 8.39. The van der Waals surface area contributed by atoms with Crippen LogP contribution in [0.15, 0.2) is 0 Å². The molecule has 21 heavy (non-hydrogen) atoms. The van der Waals surface area contributed by atoms with E-state index in [-0.39, 0.29) is 23.4 Å². The number of amides is 2. The van der Waals surface area contributed by atoms with Crippen LogP contribution in [0.3, 0.4) is 0 Å². The van der Waals surface area contributed by atoms with Crippen molar-refractivity contribution in [2.75, 3.05) is 0 Å². The molecular formula is C16H28N4O. The van der Waals surface area contributed by atoms with Crippen molar-refractivity contribution in [3.63, 3.8) is 0 Å². The smallest absolute Gasteiger partial charge is 0.315 e. The Labute approximate surface area is 126 Å². The average Bonchev–Trinajstić information content (AvgIpc) is 2.34. The lowest BCUT2D eigenvalue weighted by Gasteiger charge is -2.56. The first kappa shape index (κ1) is 14.7. The zero-order valence-corrected chi connectivity index (χ0v) is 13.0. The second-order valence-electron chi connectivity index (χ2n) is 7.63. The Hall–Kier alpha value is -1.26. The van der Waals surface area contributed by atoms with E-state index >= 15 is 0 Å². The van der Waals surface area contributed by atoms with Crippen molar-refractivity contribution in [2.45, 2.75) is 69.9 Å². The lowest BCUT2D eigenvalue weighted by molar-refractivity contribution is -0.0136. The minimum Gasteiger partial charge on any atom is -0.388 e. The second-order valence-corrected chi connectivity index (χ2v) is 7.63. The summed E-state index contributed by atoms with van der Waals surface area (Å²) in [6, 6.07) is -0.0959. The molecular weight excluding hydrogens is 264 g/mol. The van der Waals surface area contributed by atoms with Crippen LogP contribution >= 0.6 is 0 Å². The predicted molar refractivity (Wildman–Crippen MR) is 83.2 cm³/mol. The van der Waals surface area contributed by atoms with Gasteiger partial charge >= 0.3 is 6.03 Å². The van der Waals surface area contributed by atoms with Gasteiger partial charge in [-0.05, 0) is 62.7 Å². The normalized spacial score (nSPS) is 38.0. The van der Waals surface area contributed by atoms with E-state index in [9.17, 15) is 4.79 Å². The highest BCUT2D eigenvalue weighted by atomic mass is 16.2. The summed E-state index contributed by atoms with van der Waals surface area (Å²) in [6.07, 6.45) is 8.86. The maximum Gasteiger partial charge on any atom is 0.315 e. The van der Waals surface area contributed by atoms with Gasteiger partial charge < -0.3 is 16.4 Å². The lowest BCUT2D eigenvalue weighted by Crippen LogP contribution is -2.62. The summed E-state index contributed by atoms with van der Waals surface area (Å²) in [7, 11) is 0. The van der Waals surface area contributed by atoms with Gasteiger partial charge in [-0.25, -0.2) is 4.79 Å². The van der Waals surface area contributed by atoms with Crippen molar-refractivity contribution in [1.29, 1.82) is 5.41 Å². The van der Waals surface area contributed by atoms with Crippen LogP contribution < -0.4 is 16.4 Å². The Morgan fingerprint density at radius 3 is 2.19 bits per heavy atom. The van der Waals surface area contributed by atoms with E-state index in [2.05, 4.69) is 10.6 Å². The van der Waals surface area contributed by atoms with Crippen LogP contribution in [0.5, 0.6) is 0 Å². The van der Waals surface area contributed by atoms with E-state index in [0.29, 0.717) is 6.42 Å². The maximum absolute atomic E-state index is 12.3. The summed E-state index contributed by atoms with van der Waals surface area (Å²) in [4.78, 5) is 12.3. The first-order valence-electron chi connectivity index (χ1n) is 8.39. The van der Waals surface area contributed by atoms with Gasteiger partial charge in [-0.1, -0.05) is 6.92 Å². The van der Waals surface area contributed by atoms with Gasteiger partial charge in [0.05, 0.1) is 5.84 Å². The molecule has 0 heterocycles. The van der Waals surface area contributed by atoms with Crippen LogP contribution in [0.4, 0.5) is 4.79 Å². The second kappa shape index (κ2) is 5.50. The van der Waals surface area contributed by atoms with Crippen molar-refractivity contribution in [3.8, 4) is 0 Å². The molecule has 5 heteroatoms. The minimum absolute atomic E-state index is 0.0311. The molecule has 5 N–H and O–H groups in total. The van der Waals surface area contributed by atoms with Crippen LogP contribution in [0.2, 0.25) is 0 Å². The molecule has 4 aliphatic rings. The fourth-order valence-electron chi connectivity index (χ4n) is 5.29. The molecule has 4 fully saturated rings. The van der Waals surface area contributed by atoms with Gasteiger partial charge in [0.2, 0.25) is 0 Å². The number of amidine groups is 1. The molecule has 0 radical (unpaired) electrons. The largest absolute Gasteiger partial charge is 0.388 e. The number of carbonyl (C=O) groups is 1. The Kier molecular flexibility index (Phi) is 3.84. The number of hydrogen-bond donors (Lipinski definition) is 4. The molecule has 1 atom stereocenters. The molecule has 4 aliphatic carbocycles. The van der Waals surface area contributed by atoms with Crippen molar-refractivity contribution in [2.24, 2.45) is 23.5 Å². The monoisotopic (exact) mass is 292 g/mol. The molecule has 0 saturated heterocycles. The summed E-state index contributed by atoms with van der Waals surface area (Å²) in [6.45, 7) is 2.01. The molecule has 118 valence electrons.